The fourth-order valence-electron chi connectivity index (χ4n) is 2.68. The van der Waals surface area contributed by atoms with Crippen LogP contribution < -0.4 is 10.6 Å². The van der Waals surface area contributed by atoms with Crippen molar-refractivity contribution in [3.63, 3.8) is 0 Å². The minimum atomic E-state index is 0. The van der Waals surface area contributed by atoms with Crippen LogP contribution in [0.1, 0.15) is 35.9 Å². The summed E-state index contributed by atoms with van der Waals surface area (Å²) in [5.41, 5.74) is 1.20. The van der Waals surface area contributed by atoms with Crippen molar-refractivity contribution in [2.45, 2.75) is 32.9 Å². The van der Waals surface area contributed by atoms with Crippen molar-refractivity contribution in [2.24, 2.45) is 12.0 Å². The van der Waals surface area contributed by atoms with Gasteiger partial charge in [-0.15, -0.1) is 34.2 Å². The van der Waals surface area contributed by atoms with Crippen LogP contribution in [0.4, 0.5) is 0 Å². The molecule has 2 aromatic heterocycles. The van der Waals surface area contributed by atoms with Gasteiger partial charge in [0.2, 0.25) is 0 Å². The molecular weight excluding hydrogens is 467 g/mol. The summed E-state index contributed by atoms with van der Waals surface area (Å²) in [6, 6.07) is 14.3. The second-order valence-electron chi connectivity index (χ2n) is 6.42. The van der Waals surface area contributed by atoms with Crippen molar-refractivity contribution in [2.75, 3.05) is 6.54 Å². The maximum atomic E-state index is 5.39. The Morgan fingerprint density at radius 2 is 1.96 bits per heavy atom. The first kappa shape index (κ1) is 21.9. The van der Waals surface area contributed by atoms with E-state index in [0.29, 0.717) is 6.54 Å². The molecule has 0 aliphatic rings. The van der Waals surface area contributed by atoms with Crippen LogP contribution in [0.5, 0.6) is 0 Å². The van der Waals surface area contributed by atoms with E-state index in [2.05, 4.69) is 39.9 Å². The number of aliphatic imine (C=N–C) groups is 1. The fraction of sp³-hybridized carbons (Fsp3) is 0.350. The molecule has 150 valence electrons. The second kappa shape index (κ2) is 10.8. The smallest absolute Gasteiger partial charge is 0.192 e. The summed E-state index contributed by atoms with van der Waals surface area (Å²) in [4.78, 5) is 4.69. The van der Waals surface area contributed by atoms with Gasteiger partial charge >= 0.3 is 0 Å². The predicted octanol–water partition coefficient (Wildman–Crippen LogP) is 3.37. The summed E-state index contributed by atoms with van der Waals surface area (Å²) in [5, 5.41) is 15.1. The molecule has 0 amide bonds. The van der Waals surface area contributed by atoms with E-state index >= 15 is 0 Å². The van der Waals surface area contributed by atoms with E-state index in [1.54, 1.807) is 6.26 Å². The highest BCUT2D eigenvalue weighted by molar-refractivity contribution is 14.0. The molecule has 0 saturated heterocycles. The van der Waals surface area contributed by atoms with Gasteiger partial charge in [0.25, 0.3) is 0 Å². The molecule has 1 aromatic carbocycles. The van der Waals surface area contributed by atoms with Crippen LogP contribution in [-0.2, 0) is 20.0 Å². The maximum absolute atomic E-state index is 5.39. The highest BCUT2D eigenvalue weighted by Gasteiger charge is 2.09. The minimum Gasteiger partial charge on any atom is -0.469 e. The number of aryl methyl sites for hydroxylation is 1. The van der Waals surface area contributed by atoms with Gasteiger partial charge < -0.3 is 19.6 Å². The number of aromatic nitrogens is 3. The van der Waals surface area contributed by atoms with E-state index in [0.717, 1.165) is 36.3 Å². The van der Waals surface area contributed by atoms with Gasteiger partial charge in [-0.2, -0.15) is 0 Å². The van der Waals surface area contributed by atoms with Crippen molar-refractivity contribution >= 4 is 29.9 Å². The lowest BCUT2D eigenvalue weighted by atomic mass is 10.1. The summed E-state index contributed by atoms with van der Waals surface area (Å²) in [6.07, 6.45) is 2.48. The standard InChI is InChI=1S/C20H26N6O.HI/c1-15(17-8-5-4-6-9-17)23-20(21-12-11-18-10-7-13-27-18)22-14-19-25-24-16(2)26(19)3;/h4-10,13,15H,11-12,14H2,1-3H3,(H2,21,22,23);1H. The fourth-order valence-corrected chi connectivity index (χ4v) is 2.68. The van der Waals surface area contributed by atoms with Crippen molar-refractivity contribution < 1.29 is 4.42 Å². The SMILES string of the molecule is Cc1nnc(CN=C(NCCc2ccco2)NC(C)c2ccccc2)n1C.I. The average Bonchev–Trinajstić information content (AvgIpc) is 3.31. The molecule has 0 fully saturated rings. The van der Waals surface area contributed by atoms with Crippen LogP contribution in [0.3, 0.4) is 0 Å². The summed E-state index contributed by atoms with van der Waals surface area (Å²) in [6.45, 7) is 5.22. The van der Waals surface area contributed by atoms with Gasteiger partial charge in [0.1, 0.15) is 18.1 Å². The zero-order valence-corrected chi connectivity index (χ0v) is 18.8. The van der Waals surface area contributed by atoms with Crippen LogP contribution in [0, 0.1) is 6.92 Å². The molecule has 1 atom stereocenters. The van der Waals surface area contributed by atoms with Crippen molar-refractivity contribution in [3.8, 4) is 0 Å². The van der Waals surface area contributed by atoms with Crippen LogP contribution in [0.15, 0.2) is 58.1 Å². The highest BCUT2D eigenvalue weighted by atomic mass is 127. The Morgan fingerprint density at radius 1 is 1.18 bits per heavy atom. The lowest BCUT2D eigenvalue weighted by Gasteiger charge is -2.18. The Bertz CT molecular complexity index is 860. The third-order valence-corrected chi connectivity index (χ3v) is 4.46. The molecule has 28 heavy (non-hydrogen) atoms. The Balaban J connectivity index is 0.00000280. The molecule has 2 heterocycles. The molecule has 3 rings (SSSR count). The molecule has 0 aliphatic heterocycles. The van der Waals surface area contributed by atoms with Gasteiger partial charge in [-0.3, -0.25) is 0 Å². The molecule has 0 saturated carbocycles. The molecule has 0 radical (unpaired) electrons. The van der Waals surface area contributed by atoms with Crippen molar-refractivity contribution in [1.82, 2.24) is 25.4 Å². The predicted molar refractivity (Wildman–Crippen MR) is 121 cm³/mol. The van der Waals surface area contributed by atoms with Gasteiger partial charge in [0.05, 0.1) is 12.3 Å². The van der Waals surface area contributed by atoms with E-state index in [9.17, 15) is 0 Å². The Labute approximate surface area is 182 Å². The summed E-state index contributed by atoms with van der Waals surface area (Å²) >= 11 is 0. The molecule has 3 aromatic rings. The molecule has 0 bridgehead atoms. The number of guanidine groups is 1. The average molecular weight is 494 g/mol. The number of furan rings is 1. The molecule has 1 unspecified atom stereocenters. The van der Waals surface area contributed by atoms with Crippen LogP contribution in [-0.4, -0.2) is 27.3 Å². The number of hydrogen-bond donors (Lipinski definition) is 2. The topological polar surface area (TPSA) is 80.3 Å². The summed E-state index contributed by atoms with van der Waals surface area (Å²) in [5.74, 6) is 3.38. The third-order valence-electron chi connectivity index (χ3n) is 4.46. The maximum Gasteiger partial charge on any atom is 0.192 e. The normalized spacial score (nSPS) is 12.3. The molecule has 0 aliphatic carbocycles. The van der Waals surface area contributed by atoms with Gasteiger partial charge in [-0.1, -0.05) is 30.3 Å². The highest BCUT2D eigenvalue weighted by Crippen LogP contribution is 2.11. The number of nitrogens with one attached hydrogen (secondary N) is 2. The number of benzene rings is 1. The Kier molecular flexibility index (Phi) is 8.49. The van der Waals surface area contributed by atoms with E-state index in [1.807, 2.05) is 48.9 Å². The minimum absolute atomic E-state index is 0. The van der Waals surface area contributed by atoms with Gasteiger partial charge in [0.15, 0.2) is 11.8 Å². The molecular formula is C20H27IN6O. The summed E-state index contributed by atoms with van der Waals surface area (Å²) in [7, 11) is 1.95. The lowest BCUT2D eigenvalue weighted by Crippen LogP contribution is -2.39. The van der Waals surface area contributed by atoms with E-state index in [1.165, 1.54) is 5.56 Å². The van der Waals surface area contributed by atoms with E-state index in [-0.39, 0.29) is 30.0 Å². The largest absolute Gasteiger partial charge is 0.469 e. The van der Waals surface area contributed by atoms with Crippen LogP contribution >= 0.6 is 24.0 Å². The zero-order chi connectivity index (χ0) is 19.1. The molecule has 8 heteroatoms. The second-order valence-corrected chi connectivity index (χ2v) is 6.42. The molecule has 0 spiro atoms. The number of nitrogens with zero attached hydrogens (tertiary/aromatic N) is 4. The van der Waals surface area contributed by atoms with Crippen molar-refractivity contribution in [3.05, 3.63) is 71.7 Å². The van der Waals surface area contributed by atoms with Crippen LogP contribution in [0.2, 0.25) is 0 Å². The van der Waals surface area contributed by atoms with Crippen molar-refractivity contribution in [1.29, 1.82) is 0 Å². The van der Waals surface area contributed by atoms with Gasteiger partial charge in [-0.25, -0.2) is 4.99 Å². The number of hydrogen-bond acceptors (Lipinski definition) is 4. The first-order valence-electron chi connectivity index (χ1n) is 9.10. The van der Waals surface area contributed by atoms with Gasteiger partial charge in [0, 0.05) is 20.0 Å². The summed E-state index contributed by atoms with van der Waals surface area (Å²) < 4.78 is 7.34. The molecule has 2 N–H and O–H groups in total. The zero-order valence-electron chi connectivity index (χ0n) is 16.4. The quantitative estimate of drug-likeness (QED) is 0.299. The Morgan fingerprint density at radius 3 is 2.61 bits per heavy atom. The lowest BCUT2D eigenvalue weighted by molar-refractivity contribution is 0.506. The number of halogens is 1. The first-order valence-corrected chi connectivity index (χ1v) is 9.10. The number of rotatable bonds is 7. The molecule has 7 nitrogen and oxygen atoms in total. The van der Waals surface area contributed by atoms with Gasteiger partial charge in [-0.05, 0) is 31.5 Å². The Hall–Kier alpha value is -2.36. The first-order chi connectivity index (χ1) is 13.1. The third kappa shape index (κ3) is 6.08. The van der Waals surface area contributed by atoms with E-state index < -0.39 is 0 Å². The van der Waals surface area contributed by atoms with E-state index in [4.69, 9.17) is 9.41 Å². The monoisotopic (exact) mass is 494 g/mol. The van der Waals surface area contributed by atoms with Crippen LogP contribution in [0.25, 0.3) is 0 Å².